The molecule has 0 spiro atoms. The Labute approximate surface area is 150 Å². The first-order chi connectivity index (χ1) is 12.5. The highest BCUT2D eigenvalue weighted by atomic mass is 16.6. The van der Waals surface area contributed by atoms with E-state index in [1.807, 2.05) is 0 Å². The lowest BCUT2D eigenvalue weighted by atomic mass is 10.00. The molecule has 5 N–H and O–H groups in total. The molecule has 142 valence electrons. The highest BCUT2D eigenvalue weighted by Gasteiger charge is 2.45. The van der Waals surface area contributed by atoms with E-state index in [0.717, 1.165) is 25.9 Å². The molecular weight excluding hydrogens is 340 g/mol. The van der Waals surface area contributed by atoms with Crippen LogP contribution in [0.25, 0.3) is 11.2 Å². The minimum atomic E-state index is -1.22. The summed E-state index contributed by atoms with van der Waals surface area (Å²) in [6, 6.07) is 0. The molecule has 2 fully saturated rings. The van der Waals surface area contributed by atoms with Gasteiger partial charge in [0.2, 0.25) is 5.95 Å². The molecule has 0 aromatic carbocycles. The van der Waals surface area contributed by atoms with Gasteiger partial charge in [0.15, 0.2) is 23.2 Å². The molecule has 10 nitrogen and oxygen atoms in total. The molecule has 4 atom stereocenters. The van der Waals surface area contributed by atoms with Gasteiger partial charge in [0.1, 0.15) is 24.6 Å². The van der Waals surface area contributed by atoms with Crippen molar-refractivity contribution in [3.63, 3.8) is 0 Å². The fourth-order valence-corrected chi connectivity index (χ4v) is 3.67. The average Bonchev–Trinajstić information content (AvgIpc) is 3.15. The van der Waals surface area contributed by atoms with E-state index < -0.39 is 31.1 Å². The maximum atomic E-state index is 10.5. The lowest BCUT2D eigenvalue weighted by molar-refractivity contribution is -0.0505. The van der Waals surface area contributed by atoms with Crippen LogP contribution in [0.5, 0.6) is 0 Å². The van der Waals surface area contributed by atoms with Gasteiger partial charge in [-0.1, -0.05) is 6.92 Å². The van der Waals surface area contributed by atoms with E-state index in [4.69, 9.17) is 10.5 Å². The molecule has 0 radical (unpaired) electrons. The minimum absolute atomic E-state index is 0.243. The maximum Gasteiger partial charge on any atom is 0.210 e. The minimum Gasteiger partial charge on any atom is -0.394 e. The van der Waals surface area contributed by atoms with Crippen molar-refractivity contribution in [2.24, 2.45) is 5.92 Å². The van der Waals surface area contributed by atoms with Crippen molar-refractivity contribution < 1.29 is 20.1 Å². The van der Waals surface area contributed by atoms with E-state index in [9.17, 15) is 15.3 Å². The van der Waals surface area contributed by atoms with Gasteiger partial charge in [-0.25, -0.2) is 15.0 Å². The molecule has 2 aliphatic heterocycles. The van der Waals surface area contributed by atoms with E-state index in [1.54, 1.807) is 4.57 Å². The zero-order chi connectivity index (χ0) is 18.4. The standard InChI is InChI=1S/C16H24N6O4/c1-8-2-4-21(5-3-8)16-20-10-13(17)18-7-19-14(10)22(16)15-12(25)11(24)9(6-23)26-15/h7-9,11-12,15,23-25H,2-6H2,1H3,(H2,17,18,19)/t9-,11+,12+,15-/m1/s1. The third-order valence-corrected chi connectivity index (χ3v) is 5.32. The number of aliphatic hydroxyl groups is 3. The fraction of sp³-hybridized carbons (Fsp3) is 0.688. The number of nitrogens with zero attached hydrogens (tertiary/aromatic N) is 5. The van der Waals surface area contributed by atoms with Crippen LogP contribution in [0.2, 0.25) is 0 Å². The van der Waals surface area contributed by atoms with Crippen LogP contribution >= 0.6 is 0 Å². The van der Waals surface area contributed by atoms with Crippen molar-refractivity contribution in [3.05, 3.63) is 6.33 Å². The number of aromatic nitrogens is 4. The van der Waals surface area contributed by atoms with E-state index in [0.29, 0.717) is 23.0 Å². The van der Waals surface area contributed by atoms with E-state index in [2.05, 4.69) is 26.8 Å². The van der Waals surface area contributed by atoms with Crippen molar-refractivity contribution >= 4 is 22.9 Å². The monoisotopic (exact) mass is 364 g/mol. The molecule has 2 aromatic heterocycles. The third-order valence-electron chi connectivity index (χ3n) is 5.32. The van der Waals surface area contributed by atoms with Gasteiger partial charge in [-0.2, -0.15) is 0 Å². The molecule has 0 bridgehead atoms. The third kappa shape index (κ3) is 2.69. The second kappa shape index (κ2) is 6.62. The molecule has 4 heterocycles. The number of imidazole rings is 1. The molecule has 2 aliphatic rings. The molecule has 2 aromatic rings. The number of anilines is 2. The SMILES string of the molecule is CC1CCN(c2nc3c(N)ncnc3n2[C@@H]2O[C@H](CO)[C@H](O)[C@@H]2O)CC1. The number of fused-ring (bicyclic) bond motifs is 1. The number of nitrogens with two attached hydrogens (primary N) is 1. The lowest BCUT2D eigenvalue weighted by Crippen LogP contribution is -2.37. The zero-order valence-electron chi connectivity index (χ0n) is 14.6. The van der Waals surface area contributed by atoms with Crippen molar-refractivity contribution in [1.29, 1.82) is 0 Å². The normalized spacial score (nSPS) is 30.4. The number of hydrogen-bond acceptors (Lipinski definition) is 9. The summed E-state index contributed by atoms with van der Waals surface area (Å²) in [5, 5.41) is 30.0. The Bertz CT molecular complexity index is 790. The first-order valence-electron chi connectivity index (χ1n) is 8.87. The Balaban J connectivity index is 1.81. The van der Waals surface area contributed by atoms with E-state index in [1.165, 1.54) is 6.33 Å². The smallest absolute Gasteiger partial charge is 0.210 e. The van der Waals surface area contributed by atoms with Crippen LogP contribution in [0.15, 0.2) is 6.33 Å². The molecule has 2 saturated heterocycles. The molecule has 0 saturated carbocycles. The predicted molar refractivity (Wildman–Crippen MR) is 93.4 cm³/mol. The summed E-state index contributed by atoms with van der Waals surface area (Å²) < 4.78 is 7.38. The molecule has 0 amide bonds. The number of ether oxygens (including phenoxy) is 1. The van der Waals surface area contributed by atoms with Gasteiger partial charge in [0.05, 0.1) is 6.61 Å². The van der Waals surface area contributed by atoms with Crippen LogP contribution in [0.1, 0.15) is 26.0 Å². The van der Waals surface area contributed by atoms with Gasteiger partial charge in [0.25, 0.3) is 0 Å². The quantitative estimate of drug-likeness (QED) is 0.553. The fourth-order valence-electron chi connectivity index (χ4n) is 3.67. The largest absolute Gasteiger partial charge is 0.394 e. The van der Waals surface area contributed by atoms with Crippen molar-refractivity contribution in [2.75, 3.05) is 30.3 Å². The summed E-state index contributed by atoms with van der Waals surface area (Å²) in [4.78, 5) is 15.0. The number of nitrogen functional groups attached to an aromatic ring is 1. The number of rotatable bonds is 3. The van der Waals surface area contributed by atoms with Crippen LogP contribution in [0.3, 0.4) is 0 Å². The summed E-state index contributed by atoms with van der Waals surface area (Å²) in [5.41, 5.74) is 6.83. The topological polar surface area (TPSA) is 143 Å². The first kappa shape index (κ1) is 17.4. The van der Waals surface area contributed by atoms with Crippen LogP contribution in [0.4, 0.5) is 11.8 Å². The average molecular weight is 364 g/mol. The second-order valence-electron chi connectivity index (χ2n) is 7.11. The molecule has 10 heteroatoms. The summed E-state index contributed by atoms with van der Waals surface area (Å²) in [7, 11) is 0. The van der Waals surface area contributed by atoms with Crippen molar-refractivity contribution in [1.82, 2.24) is 19.5 Å². The van der Waals surface area contributed by atoms with Crippen LogP contribution < -0.4 is 10.6 Å². The Hall–Kier alpha value is -2.01. The van der Waals surface area contributed by atoms with Gasteiger partial charge in [-0.3, -0.25) is 4.57 Å². The van der Waals surface area contributed by atoms with Gasteiger partial charge in [0, 0.05) is 13.1 Å². The van der Waals surface area contributed by atoms with E-state index in [-0.39, 0.29) is 5.82 Å². The first-order valence-corrected chi connectivity index (χ1v) is 8.87. The summed E-state index contributed by atoms with van der Waals surface area (Å²) in [6.45, 7) is 3.45. The Kier molecular flexibility index (Phi) is 4.43. The number of hydrogen-bond donors (Lipinski definition) is 4. The molecule has 0 unspecified atom stereocenters. The second-order valence-corrected chi connectivity index (χ2v) is 7.11. The van der Waals surface area contributed by atoms with Gasteiger partial charge >= 0.3 is 0 Å². The predicted octanol–water partition coefficient (Wildman–Crippen LogP) is -0.744. The van der Waals surface area contributed by atoms with Gasteiger partial charge in [-0.15, -0.1) is 0 Å². The Morgan fingerprint density at radius 3 is 2.62 bits per heavy atom. The summed E-state index contributed by atoms with van der Waals surface area (Å²) in [5.74, 6) is 1.46. The molecule has 0 aliphatic carbocycles. The van der Waals surface area contributed by atoms with E-state index >= 15 is 0 Å². The Morgan fingerprint density at radius 2 is 1.96 bits per heavy atom. The molecule has 26 heavy (non-hydrogen) atoms. The van der Waals surface area contributed by atoms with Crippen LogP contribution in [-0.4, -0.2) is 72.8 Å². The number of piperidine rings is 1. The maximum absolute atomic E-state index is 10.5. The number of aliphatic hydroxyl groups excluding tert-OH is 3. The zero-order valence-corrected chi connectivity index (χ0v) is 14.6. The highest BCUT2D eigenvalue weighted by Crippen LogP contribution is 2.37. The lowest BCUT2D eigenvalue weighted by Gasteiger charge is -2.32. The summed E-state index contributed by atoms with van der Waals surface area (Å²) in [6.07, 6.45) is -0.824. The van der Waals surface area contributed by atoms with Crippen LogP contribution in [0, 0.1) is 5.92 Å². The van der Waals surface area contributed by atoms with Crippen molar-refractivity contribution in [3.8, 4) is 0 Å². The Morgan fingerprint density at radius 1 is 1.23 bits per heavy atom. The van der Waals surface area contributed by atoms with Crippen molar-refractivity contribution in [2.45, 2.75) is 44.3 Å². The van der Waals surface area contributed by atoms with Gasteiger partial charge in [-0.05, 0) is 18.8 Å². The highest BCUT2D eigenvalue weighted by molar-refractivity contribution is 5.84. The van der Waals surface area contributed by atoms with Gasteiger partial charge < -0.3 is 30.7 Å². The molecule has 4 rings (SSSR count). The van der Waals surface area contributed by atoms with Crippen LogP contribution in [-0.2, 0) is 4.74 Å². The summed E-state index contributed by atoms with van der Waals surface area (Å²) >= 11 is 0. The molecular formula is C16H24N6O4.